The third kappa shape index (κ3) is 3.57. The van der Waals surface area contributed by atoms with Gasteiger partial charge >= 0.3 is 0 Å². The van der Waals surface area contributed by atoms with Gasteiger partial charge in [0.25, 0.3) is 0 Å². The van der Waals surface area contributed by atoms with Crippen LogP contribution in [0.5, 0.6) is 5.75 Å². The fraction of sp³-hybridized carbons (Fsp3) is 0.118. The van der Waals surface area contributed by atoms with Gasteiger partial charge in [-0.15, -0.1) is 0 Å². The number of nitrogens with zero attached hydrogens (tertiary/aromatic N) is 2. The average molecular weight is 328 g/mol. The van der Waals surface area contributed by atoms with E-state index in [1.165, 1.54) is 7.11 Å². The van der Waals surface area contributed by atoms with Crippen molar-refractivity contribution in [1.82, 2.24) is 9.97 Å². The van der Waals surface area contributed by atoms with E-state index in [1.807, 2.05) is 18.2 Å². The molecule has 0 aliphatic rings. The van der Waals surface area contributed by atoms with Crippen molar-refractivity contribution in [3.05, 3.63) is 59.5 Å². The van der Waals surface area contributed by atoms with E-state index in [-0.39, 0.29) is 12.3 Å². The number of amides is 1. The highest BCUT2D eigenvalue weighted by Crippen LogP contribution is 2.27. The quantitative estimate of drug-likeness (QED) is 0.797. The minimum Gasteiger partial charge on any atom is -0.495 e. The third-order valence-electron chi connectivity index (χ3n) is 3.32. The van der Waals surface area contributed by atoms with Crippen LogP contribution in [0.25, 0.3) is 10.9 Å². The fourth-order valence-corrected chi connectivity index (χ4v) is 2.41. The van der Waals surface area contributed by atoms with Crippen LogP contribution < -0.4 is 10.1 Å². The van der Waals surface area contributed by atoms with Crippen LogP contribution in [0.15, 0.2) is 48.8 Å². The number of halogens is 1. The minimum atomic E-state index is -0.188. The third-order valence-corrected chi connectivity index (χ3v) is 3.56. The lowest BCUT2D eigenvalue weighted by Gasteiger charge is -2.10. The highest BCUT2D eigenvalue weighted by atomic mass is 35.5. The number of hydrogen-bond donors (Lipinski definition) is 1. The topological polar surface area (TPSA) is 64.1 Å². The van der Waals surface area contributed by atoms with Crippen LogP contribution in [0.3, 0.4) is 0 Å². The molecule has 0 saturated carbocycles. The monoisotopic (exact) mass is 327 g/mol. The number of ether oxygens (including phenoxy) is 1. The summed E-state index contributed by atoms with van der Waals surface area (Å²) in [7, 11) is 1.54. The van der Waals surface area contributed by atoms with Crippen molar-refractivity contribution in [3.63, 3.8) is 0 Å². The lowest BCUT2D eigenvalue weighted by molar-refractivity contribution is -0.115. The first-order chi connectivity index (χ1) is 11.2. The first-order valence-electron chi connectivity index (χ1n) is 6.99. The molecule has 0 saturated heterocycles. The molecule has 0 fully saturated rings. The molecule has 1 aromatic carbocycles. The number of aromatic nitrogens is 2. The number of anilines is 1. The second-order valence-electron chi connectivity index (χ2n) is 4.94. The number of hydrogen-bond acceptors (Lipinski definition) is 4. The second-order valence-corrected chi connectivity index (χ2v) is 5.38. The Labute approximate surface area is 138 Å². The first-order valence-corrected chi connectivity index (χ1v) is 7.36. The SMILES string of the molecule is COc1ccc(Cl)cc1NC(=O)Cc1ccc2cnccc2n1. The Morgan fingerprint density at radius 1 is 1.26 bits per heavy atom. The number of benzene rings is 1. The number of pyridine rings is 2. The Morgan fingerprint density at radius 3 is 2.96 bits per heavy atom. The standard InChI is InChI=1S/C17H14ClN3O2/c1-23-16-5-3-12(18)8-15(16)21-17(22)9-13-4-2-11-10-19-7-6-14(11)20-13/h2-8,10H,9H2,1H3,(H,21,22). The molecule has 5 nitrogen and oxygen atoms in total. The van der Waals surface area contributed by atoms with E-state index < -0.39 is 0 Å². The Balaban J connectivity index is 1.77. The van der Waals surface area contributed by atoms with Gasteiger partial charge in [0.05, 0.1) is 30.4 Å². The summed E-state index contributed by atoms with van der Waals surface area (Å²) in [6, 6.07) is 10.6. The van der Waals surface area contributed by atoms with Gasteiger partial charge in [-0.05, 0) is 36.4 Å². The van der Waals surface area contributed by atoms with Gasteiger partial charge in [0.1, 0.15) is 5.75 Å². The number of fused-ring (bicyclic) bond motifs is 1. The number of rotatable bonds is 4. The predicted octanol–water partition coefficient (Wildman–Crippen LogP) is 3.47. The van der Waals surface area contributed by atoms with Crippen molar-refractivity contribution in [2.24, 2.45) is 0 Å². The summed E-state index contributed by atoms with van der Waals surface area (Å²) >= 11 is 5.96. The largest absolute Gasteiger partial charge is 0.495 e. The lowest BCUT2D eigenvalue weighted by Crippen LogP contribution is -2.15. The van der Waals surface area contributed by atoms with Crippen molar-refractivity contribution in [1.29, 1.82) is 0 Å². The molecular weight excluding hydrogens is 314 g/mol. The number of methoxy groups -OCH3 is 1. The average Bonchev–Trinajstić information content (AvgIpc) is 2.55. The molecule has 1 N–H and O–H groups in total. The van der Waals surface area contributed by atoms with Crippen LogP contribution in [0.2, 0.25) is 5.02 Å². The molecule has 23 heavy (non-hydrogen) atoms. The summed E-state index contributed by atoms with van der Waals surface area (Å²) < 4.78 is 5.21. The number of nitrogens with one attached hydrogen (secondary N) is 1. The molecule has 1 amide bonds. The van der Waals surface area contributed by atoms with E-state index in [1.54, 1.807) is 30.6 Å². The molecule has 0 atom stereocenters. The zero-order chi connectivity index (χ0) is 16.2. The van der Waals surface area contributed by atoms with Crippen molar-refractivity contribution >= 4 is 34.1 Å². The van der Waals surface area contributed by atoms with Gasteiger partial charge in [0.15, 0.2) is 0 Å². The van der Waals surface area contributed by atoms with Gasteiger partial charge in [0, 0.05) is 22.8 Å². The van der Waals surface area contributed by atoms with Crippen LogP contribution in [0.1, 0.15) is 5.69 Å². The van der Waals surface area contributed by atoms with E-state index in [4.69, 9.17) is 16.3 Å². The first kappa shape index (κ1) is 15.2. The molecule has 0 unspecified atom stereocenters. The molecule has 3 rings (SSSR count). The van der Waals surface area contributed by atoms with Gasteiger partial charge in [-0.25, -0.2) is 0 Å². The number of carbonyl (C=O) groups excluding carboxylic acids is 1. The molecule has 0 aliphatic heterocycles. The van der Waals surface area contributed by atoms with E-state index in [0.29, 0.717) is 22.2 Å². The lowest BCUT2D eigenvalue weighted by atomic mass is 10.2. The Kier molecular flexibility index (Phi) is 4.39. The van der Waals surface area contributed by atoms with E-state index in [9.17, 15) is 4.79 Å². The maximum absolute atomic E-state index is 12.2. The zero-order valence-electron chi connectivity index (χ0n) is 12.4. The van der Waals surface area contributed by atoms with Gasteiger partial charge in [-0.2, -0.15) is 0 Å². The second kappa shape index (κ2) is 6.62. The highest BCUT2D eigenvalue weighted by molar-refractivity contribution is 6.31. The molecule has 2 heterocycles. The van der Waals surface area contributed by atoms with Gasteiger partial charge in [-0.3, -0.25) is 14.8 Å². The summed E-state index contributed by atoms with van der Waals surface area (Å²) in [5.74, 6) is 0.367. The molecule has 116 valence electrons. The molecule has 0 aliphatic carbocycles. The smallest absolute Gasteiger partial charge is 0.230 e. The summed E-state index contributed by atoms with van der Waals surface area (Å²) in [4.78, 5) is 20.7. The van der Waals surface area contributed by atoms with Gasteiger partial charge in [0.2, 0.25) is 5.91 Å². The van der Waals surface area contributed by atoms with Crippen LogP contribution in [-0.2, 0) is 11.2 Å². The molecule has 0 bridgehead atoms. The maximum atomic E-state index is 12.2. The van der Waals surface area contributed by atoms with Crippen molar-refractivity contribution in [2.75, 3.05) is 12.4 Å². The minimum absolute atomic E-state index is 0.161. The molecule has 0 spiro atoms. The Bertz CT molecular complexity index is 867. The summed E-state index contributed by atoms with van der Waals surface area (Å²) in [5, 5.41) is 4.26. The van der Waals surface area contributed by atoms with Crippen LogP contribution in [-0.4, -0.2) is 23.0 Å². The zero-order valence-corrected chi connectivity index (χ0v) is 13.2. The highest BCUT2D eigenvalue weighted by Gasteiger charge is 2.10. The van der Waals surface area contributed by atoms with E-state index >= 15 is 0 Å². The molecule has 0 radical (unpaired) electrons. The van der Waals surface area contributed by atoms with Crippen LogP contribution in [0, 0.1) is 0 Å². The summed E-state index contributed by atoms with van der Waals surface area (Å²) in [6.07, 6.45) is 3.58. The fourth-order valence-electron chi connectivity index (χ4n) is 2.24. The van der Waals surface area contributed by atoms with Crippen molar-refractivity contribution in [2.45, 2.75) is 6.42 Å². The maximum Gasteiger partial charge on any atom is 0.230 e. The summed E-state index contributed by atoms with van der Waals surface area (Å²) in [6.45, 7) is 0. The Morgan fingerprint density at radius 2 is 2.13 bits per heavy atom. The van der Waals surface area contributed by atoms with E-state index in [2.05, 4.69) is 15.3 Å². The van der Waals surface area contributed by atoms with Gasteiger partial charge < -0.3 is 10.1 Å². The number of carbonyl (C=O) groups is 1. The van der Waals surface area contributed by atoms with Crippen LogP contribution >= 0.6 is 11.6 Å². The molecule has 3 aromatic rings. The summed E-state index contributed by atoms with van der Waals surface area (Å²) in [5.41, 5.74) is 2.03. The van der Waals surface area contributed by atoms with Crippen LogP contribution in [0.4, 0.5) is 5.69 Å². The Hall–Kier alpha value is -2.66. The van der Waals surface area contributed by atoms with Crippen molar-refractivity contribution < 1.29 is 9.53 Å². The van der Waals surface area contributed by atoms with Crippen molar-refractivity contribution in [3.8, 4) is 5.75 Å². The molecule has 2 aromatic heterocycles. The molecule has 6 heteroatoms. The predicted molar refractivity (Wildman–Crippen MR) is 89.9 cm³/mol. The molecular formula is C17H14ClN3O2. The van der Waals surface area contributed by atoms with E-state index in [0.717, 1.165) is 10.9 Å². The normalized spacial score (nSPS) is 10.5. The van der Waals surface area contributed by atoms with Gasteiger partial charge in [-0.1, -0.05) is 11.6 Å².